The first kappa shape index (κ1) is 24.3. The molecule has 2 aromatic carbocycles. The van der Waals surface area contributed by atoms with Gasteiger partial charge in [0.1, 0.15) is 11.4 Å². The Morgan fingerprint density at radius 2 is 1.82 bits per heavy atom. The molecule has 0 spiro atoms. The van der Waals surface area contributed by atoms with Crippen molar-refractivity contribution in [1.82, 2.24) is 5.32 Å². The van der Waals surface area contributed by atoms with Crippen molar-refractivity contribution >= 4 is 47.2 Å². The van der Waals surface area contributed by atoms with Crippen molar-refractivity contribution in [3.63, 3.8) is 0 Å². The summed E-state index contributed by atoms with van der Waals surface area (Å²) in [4.78, 5) is 30.9. The molecular weight excluding hydrogens is 460 g/mol. The van der Waals surface area contributed by atoms with Crippen molar-refractivity contribution in [2.45, 2.75) is 32.1 Å². The lowest BCUT2D eigenvalue weighted by atomic mass is 10.0. The molecule has 0 bridgehead atoms. The molecule has 3 rings (SSSR count). The fourth-order valence-corrected chi connectivity index (χ4v) is 4.17. The number of amides is 2. The van der Waals surface area contributed by atoms with Crippen LogP contribution >= 0.6 is 12.2 Å². The van der Waals surface area contributed by atoms with Crippen LogP contribution in [-0.2, 0) is 17.5 Å². The summed E-state index contributed by atoms with van der Waals surface area (Å²) in [5.74, 6) is -2.06. The van der Waals surface area contributed by atoms with Gasteiger partial charge in [-0.2, -0.15) is 13.2 Å². The van der Waals surface area contributed by atoms with E-state index in [9.17, 15) is 27.2 Å². The van der Waals surface area contributed by atoms with Crippen molar-refractivity contribution in [2.75, 3.05) is 16.8 Å². The summed E-state index contributed by atoms with van der Waals surface area (Å²) < 4.78 is 55.4. The van der Waals surface area contributed by atoms with Crippen LogP contribution in [0.4, 0.5) is 28.9 Å². The molecule has 1 N–H and O–H groups in total. The SMILES string of the molecule is C=NCc1ccc(N2C(=O)C(C)(C)N(c3ccc(C(=O)NC)c(F)c3)C2=S)cc1C(F)(F)F. The second-order valence-electron chi connectivity index (χ2n) is 7.78. The number of aliphatic imine (C=N–C) groups is 1. The molecule has 1 saturated heterocycles. The molecule has 1 heterocycles. The average molecular weight is 480 g/mol. The number of carbonyl (C=O) groups is 2. The van der Waals surface area contributed by atoms with Crippen LogP contribution in [0.5, 0.6) is 0 Å². The molecule has 0 unspecified atom stereocenters. The Labute approximate surface area is 192 Å². The zero-order chi connectivity index (χ0) is 24.7. The molecule has 1 aliphatic heterocycles. The highest BCUT2D eigenvalue weighted by Gasteiger charge is 2.50. The average Bonchev–Trinajstić information content (AvgIpc) is 2.91. The van der Waals surface area contributed by atoms with Gasteiger partial charge in [0.25, 0.3) is 11.8 Å². The second-order valence-corrected chi connectivity index (χ2v) is 8.15. The van der Waals surface area contributed by atoms with Gasteiger partial charge >= 0.3 is 6.18 Å². The minimum Gasteiger partial charge on any atom is -0.355 e. The van der Waals surface area contributed by atoms with Gasteiger partial charge in [-0.1, -0.05) is 6.07 Å². The van der Waals surface area contributed by atoms with Crippen molar-refractivity contribution < 1.29 is 27.2 Å². The first-order valence-electron chi connectivity index (χ1n) is 9.67. The number of anilines is 2. The lowest BCUT2D eigenvalue weighted by molar-refractivity contribution is -0.138. The number of alkyl halides is 3. The quantitative estimate of drug-likeness (QED) is 0.393. The van der Waals surface area contributed by atoms with Gasteiger partial charge in [0.05, 0.1) is 23.4 Å². The van der Waals surface area contributed by atoms with Gasteiger partial charge in [0, 0.05) is 12.7 Å². The van der Waals surface area contributed by atoms with E-state index in [4.69, 9.17) is 12.2 Å². The number of hydrogen-bond donors (Lipinski definition) is 1. The Morgan fingerprint density at radius 3 is 2.36 bits per heavy atom. The summed E-state index contributed by atoms with van der Waals surface area (Å²) >= 11 is 5.44. The van der Waals surface area contributed by atoms with E-state index < -0.39 is 34.9 Å². The molecule has 33 heavy (non-hydrogen) atoms. The van der Waals surface area contributed by atoms with Crippen LogP contribution in [0.3, 0.4) is 0 Å². The van der Waals surface area contributed by atoms with Gasteiger partial charge in [-0.15, -0.1) is 0 Å². The summed E-state index contributed by atoms with van der Waals surface area (Å²) in [5.41, 5.74) is -2.49. The molecule has 2 aromatic rings. The second kappa shape index (κ2) is 8.54. The Hall–Kier alpha value is -3.34. The van der Waals surface area contributed by atoms with Crippen molar-refractivity contribution in [3.05, 3.63) is 58.9 Å². The smallest absolute Gasteiger partial charge is 0.355 e. The summed E-state index contributed by atoms with van der Waals surface area (Å²) in [5, 5.41) is 2.19. The van der Waals surface area contributed by atoms with Gasteiger partial charge < -0.3 is 10.2 Å². The molecule has 6 nitrogen and oxygen atoms in total. The predicted octanol–water partition coefficient (Wildman–Crippen LogP) is 4.32. The topological polar surface area (TPSA) is 65.0 Å². The van der Waals surface area contributed by atoms with E-state index in [1.165, 1.54) is 50.1 Å². The minimum atomic E-state index is -4.69. The first-order valence-corrected chi connectivity index (χ1v) is 10.1. The fourth-order valence-electron chi connectivity index (χ4n) is 3.64. The van der Waals surface area contributed by atoms with Gasteiger partial charge in [-0.25, -0.2) is 4.39 Å². The number of nitrogens with zero attached hydrogens (tertiary/aromatic N) is 3. The summed E-state index contributed by atoms with van der Waals surface area (Å²) in [6, 6.07) is 7.10. The van der Waals surface area contributed by atoms with E-state index in [0.29, 0.717) is 0 Å². The van der Waals surface area contributed by atoms with E-state index in [1.807, 2.05) is 0 Å². The Balaban J connectivity index is 2.08. The molecule has 2 amide bonds. The molecule has 0 saturated carbocycles. The third kappa shape index (κ3) is 4.20. The molecular formula is C22H20F4N4O2S. The number of thiocarbonyl (C=S) groups is 1. The maximum absolute atomic E-state index is 14.6. The van der Waals surface area contributed by atoms with E-state index in [2.05, 4.69) is 17.0 Å². The number of rotatable bonds is 5. The largest absolute Gasteiger partial charge is 0.416 e. The summed E-state index contributed by atoms with van der Waals surface area (Å²) in [6.45, 7) is 6.02. The Kier molecular flexibility index (Phi) is 6.29. The van der Waals surface area contributed by atoms with Crippen LogP contribution in [-0.4, -0.2) is 36.2 Å². The third-order valence-electron chi connectivity index (χ3n) is 5.29. The van der Waals surface area contributed by atoms with E-state index in [0.717, 1.165) is 17.0 Å². The van der Waals surface area contributed by atoms with E-state index in [-0.39, 0.29) is 34.2 Å². The highest BCUT2D eigenvalue weighted by Crippen LogP contribution is 2.40. The minimum absolute atomic E-state index is 0.0804. The molecule has 0 aliphatic carbocycles. The molecule has 1 fully saturated rings. The third-order valence-corrected chi connectivity index (χ3v) is 5.65. The Morgan fingerprint density at radius 1 is 1.18 bits per heavy atom. The zero-order valence-corrected chi connectivity index (χ0v) is 18.8. The molecule has 0 radical (unpaired) electrons. The van der Waals surface area contributed by atoms with Crippen LogP contribution in [0.25, 0.3) is 0 Å². The highest BCUT2D eigenvalue weighted by molar-refractivity contribution is 7.81. The lowest BCUT2D eigenvalue weighted by Gasteiger charge is -2.29. The number of nitrogens with one attached hydrogen (secondary N) is 1. The van der Waals surface area contributed by atoms with Gasteiger partial charge in [-0.05, 0) is 68.7 Å². The first-order chi connectivity index (χ1) is 15.3. The van der Waals surface area contributed by atoms with Crippen LogP contribution in [0.2, 0.25) is 0 Å². The van der Waals surface area contributed by atoms with E-state index >= 15 is 0 Å². The molecule has 1 aliphatic rings. The fraction of sp³-hybridized carbons (Fsp3) is 0.273. The van der Waals surface area contributed by atoms with Gasteiger partial charge in [-0.3, -0.25) is 19.5 Å². The summed E-state index contributed by atoms with van der Waals surface area (Å²) in [6.07, 6.45) is -4.69. The van der Waals surface area contributed by atoms with Gasteiger partial charge in [0.15, 0.2) is 5.11 Å². The number of carbonyl (C=O) groups excluding carboxylic acids is 2. The summed E-state index contributed by atoms with van der Waals surface area (Å²) in [7, 11) is 1.36. The van der Waals surface area contributed by atoms with Gasteiger partial charge in [0.2, 0.25) is 0 Å². The van der Waals surface area contributed by atoms with Crippen molar-refractivity contribution in [3.8, 4) is 0 Å². The lowest BCUT2D eigenvalue weighted by Crippen LogP contribution is -2.44. The molecule has 11 heteroatoms. The van der Waals surface area contributed by atoms with Crippen LogP contribution in [0.15, 0.2) is 41.4 Å². The standard InChI is InChI=1S/C22H20F4N4O2S/c1-21(2)19(32)29(13-6-5-12(11-27-3)16(9-13)22(24,25)26)20(33)30(21)14-7-8-15(17(23)10-14)18(31)28-4/h5-10H,3,11H2,1-2,4H3,(H,28,31). The van der Waals surface area contributed by atoms with E-state index in [1.54, 1.807) is 0 Å². The number of benzene rings is 2. The number of halogens is 4. The van der Waals surface area contributed by atoms with Crippen molar-refractivity contribution in [2.24, 2.45) is 4.99 Å². The number of hydrogen-bond acceptors (Lipinski definition) is 4. The predicted molar refractivity (Wildman–Crippen MR) is 121 cm³/mol. The van der Waals surface area contributed by atoms with Crippen LogP contribution in [0, 0.1) is 5.82 Å². The molecule has 0 aromatic heterocycles. The Bertz CT molecular complexity index is 1160. The van der Waals surface area contributed by atoms with Crippen LogP contribution < -0.4 is 15.1 Å². The zero-order valence-electron chi connectivity index (χ0n) is 18.0. The van der Waals surface area contributed by atoms with Crippen molar-refractivity contribution in [1.29, 1.82) is 0 Å². The monoisotopic (exact) mass is 480 g/mol. The molecule has 174 valence electrons. The maximum atomic E-state index is 14.6. The highest BCUT2D eigenvalue weighted by atomic mass is 32.1. The maximum Gasteiger partial charge on any atom is 0.416 e. The molecule has 0 atom stereocenters. The van der Waals surface area contributed by atoms with Crippen LogP contribution in [0.1, 0.15) is 35.3 Å². The normalized spacial score (nSPS) is 15.7.